The molecule has 0 radical (unpaired) electrons. The highest BCUT2D eigenvalue weighted by molar-refractivity contribution is 7.17. The summed E-state index contributed by atoms with van der Waals surface area (Å²) in [4.78, 5) is 21.0. The summed E-state index contributed by atoms with van der Waals surface area (Å²) >= 11 is 1.58. The monoisotopic (exact) mass is 407 g/mol. The summed E-state index contributed by atoms with van der Waals surface area (Å²) < 4.78 is 41.8. The molecule has 1 aliphatic carbocycles. The average molecular weight is 407 g/mol. The number of aromatic nitrogens is 2. The Morgan fingerprint density at radius 3 is 2.75 bits per heavy atom. The number of halogens is 3. The van der Waals surface area contributed by atoms with E-state index >= 15 is 0 Å². The molecule has 1 aromatic carbocycles. The molecule has 0 spiro atoms. The third-order valence-electron chi connectivity index (χ3n) is 5.28. The second-order valence-electron chi connectivity index (χ2n) is 7.37. The Morgan fingerprint density at radius 1 is 1.32 bits per heavy atom. The van der Waals surface area contributed by atoms with Crippen molar-refractivity contribution in [2.24, 2.45) is 5.92 Å². The molecule has 1 aliphatic rings. The number of thiazole rings is 1. The van der Waals surface area contributed by atoms with E-state index in [1.165, 1.54) is 12.1 Å². The van der Waals surface area contributed by atoms with Crippen LogP contribution in [0.1, 0.15) is 39.7 Å². The molecule has 1 amide bonds. The molecular weight excluding hydrogens is 387 g/mol. The average Bonchev–Trinajstić information content (AvgIpc) is 3.27. The van der Waals surface area contributed by atoms with Crippen molar-refractivity contribution in [3.05, 3.63) is 57.9 Å². The van der Waals surface area contributed by atoms with Crippen molar-refractivity contribution >= 4 is 22.2 Å². The molecule has 0 N–H and O–H groups in total. The summed E-state index contributed by atoms with van der Waals surface area (Å²) in [5.74, 6) is -0.896. The highest BCUT2D eigenvalue weighted by Crippen LogP contribution is 2.51. The van der Waals surface area contributed by atoms with Crippen LogP contribution < -0.4 is 0 Å². The standard InChI is InChI=1S/C20H20F3N3OS/c1-11-9-26-17(12(2)24-19(26)28-11)10-25(3)18(27)15-8-14(15)13-6-4-5-7-16(13)20(21,22)23/h4-7,9,14-15H,8,10H2,1-3H3. The molecule has 8 heteroatoms. The van der Waals surface area contributed by atoms with Gasteiger partial charge >= 0.3 is 6.18 Å². The molecule has 0 bridgehead atoms. The normalized spacial score (nSPS) is 19.2. The summed E-state index contributed by atoms with van der Waals surface area (Å²) in [6.07, 6.45) is -1.96. The first-order valence-corrected chi connectivity index (χ1v) is 9.83. The lowest BCUT2D eigenvalue weighted by molar-refractivity contribution is -0.138. The van der Waals surface area contributed by atoms with Crippen LogP contribution in [-0.4, -0.2) is 27.2 Å². The van der Waals surface area contributed by atoms with Crippen molar-refractivity contribution in [3.63, 3.8) is 0 Å². The first kappa shape index (κ1) is 19.0. The molecular formula is C20H20F3N3OS. The number of rotatable bonds is 4. The number of amides is 1. The van der Waals surface area contributed by atoms with E-state index in [2.05, 4.69) is 4.98 Å². The third kappa shape index (κ3) is 3.30. The Hall–Kier alpha value is -2.35. The summed E-state index contributed by atoms with van der Waals surface area (Å²) in [6, 6.07) is 5.55. The molecule has 2 aromatic heterocycles. The first-order chi connectivity index (χ1) is 13.2. The van der Waals surface area contributed by atoms with Crippen molar-refractivity contribution in [2.75, 3.05) is 7.05 Å². The number of hydrogen-bond donors (Lipinski definition) is 0. The fourth-order valence-corrected chi connectivity index (χ4v) is 4.67. The molecule has 0 saturated heterocycles. The van der Waals surface area contributed by atoms with Gasteiger partial charge in [0.25, 0.3) is 0 Å². The van der Waals surface area contributed by atoms with Crippen LogP contribution in [0.4, 0.5) is 13.2 Å². The van der Waals surface area contributed by atoms with Crippen molar-refractivity contribution in [2.45, 2.75) is 38.9 Å². The zero-order valence-corrected chi connectivity index (χ0v) is 16.6. The van der Waals surface area contributed by atoms with Crippen molar-refractivity contribution in [3.8, 4) is 0 Å². The van der Waals surface area contributed by atoms with Gasteiger partial charge in [0.2, 0.25) is 5.91 Å². The van der Waals surface area contributed by atoms with E-state index in [1.54, 1.807) is 29.4 Å². The quantitative estimate of drug-likeness (QED) is 0.623. The van der Waals surface area contributed by atoms with Gasteiger partial charge in [0.05, 0.1) is 23.5 Å². The highest BCUT2D eigenvalue weighted by atomic mass is 32.1. The molecule has 1 saturated carbocycles. The van der Waals surface area contributed by atoms with Gasteiger partial charge in [-0.05, 0) is 37.8 Å². The maximum absolute atomic E-state index is 13.3. The Balaban J connectivity index is 1.51. The number of fused-ring (bicyclic) bond motifs is 1. The molecule has 4 rings (SSSR count). The van der Waals surface area contributed by atoms with Crippen LogP contribution in [0.3, 0.4) is 0 Å². The number of aryl methyl sites for hydroxylation is 2. The Labute approximate surface area is 164 Å². The second kappa shape index (κ2) is 6.62. The number of carbonyl (C=O) groups is 1. The van der Waals surface area contributed by atoms with E-state index in [9.17, 15) is 18.0 Å². The Morgan fingerprint density at radius 2 is 2.04 bits per heavy atom. The van der Waals surface area contributed by atoms with E-state index in [-0.39, 0.29) is 17.4 Å². The zero-order chi connectivity index (χ0) is 20.2. The van der Waals surface area contributed by atoms with E-state index in [0.29, 0.717) is 13.0 Å². The summed E-state index contributed by atoms with van der Waals surface area (Å²) in [6.45, 7) is 4.29. The number of nitrogens with zero attached hydrogens (tertiary/aromatic N) is 3. The van der Waals surface area contributed by atoms with Gasteiger partial charge in [-0.2, -0.15) is 13.2 Å². The van der Waals surface area contributed by atoms with Gasteiger partial charge in [-0.3, -0.25) is 9.20 Å². The third-order valence-corrected chi connectivity index (χ3v) is 6.18. The predicted molar refractivity (Wildman–Crippen MR) is 101 cm³/mol. The van der Waals surface area contributed by atoms with Crippen molar-refractivity contribution in [1.82, 2.24) is 14.3 Å². The van der Waals surface area contributed by atoms with Crippen molar-refractivity contribution < 1.29 is 18.0 Å². The van der Waals surface area contributed by atoms with Gasteiger partial charge < -0.3 is 4.90 Å². The topological polar surface area (TPSA) is 37.6 Å². The van der Waals surface area contributed by atoms with Gasteiger partial charge in [0.1, 0.15) is 0 Å². The SMILES string of the molecule is Cc1cn2c(CN(C)C(=O)C3CC3c3ccccc3C(F)(F)F)c(C)nc2s1. The lowest BCUT2D eigenvalue weighted by Gasteiger charge is -2.18. The summed E-state index contributed by atoms with van der Waals surface area (Å²) in [5.41, 5.74) is 1.38. The highest BCUT2D eigenvalue weighted by Gasteiger charge is 2.48. The second-order valence-corrected chi connectivity index (χ2v) is 8.58. The van der Waals surface area contributed by atoms with Gasteiger partial charge in [-0.25, -0.2) is 4.98 Å². The van der Waals surface area contributed by atoms with Crippen LogP contribution in [0.5, 0.6) is 0 Å². The van der Waals surface area contributed by atoms with Gasteiger partial charge in [0.15, 0.2) is 4.96 Å². The molecule has 0 aliphatic heterocycles. The van der Waals surface area contributed by atoms with Crippen LogP contribution in [0.2, 0.25) is 0 Å². The van der Waals surface area contributed by atoms with E-state index in [4.69, 9.17) is 0 Å². The van der Waals surface area contributed by atoms with Crippen molar-refractivity contribution in [1.29, 1.82) is 0 Å². The van der Waals surface area contributed by atoms with Crippen LogP contribution in [0.25, 0.3) is 4.96 Å². The number of carbonyl (C=O) groups excluding carboxylic acids is 1. The maximum atomic E-state index is 13.3. The largest absolute Gasteiger partial charge is 0.416 e. The van der Waals surface area contributed by atoms with Crippen LogP contribution in [-0.2, 0) is 17.5 Å². The van der Waals surface area contributed by atoms with Gasteiger partial charge in [-0.15, -0.1) is 11.3 Å². The molecule has 2 unspecified atom stereocenters. The molecule has 3 aromatic rings. The lowest BCUT2D eigenvalue weighted by atomic mass is 10.0. The van der Waals surface area contributed by atoms with Gasteiger partial charge in [0, 0.05) is 24.0 Å². The minimum Gasteiger partial charge on any atom is -0.340 e. The minimum absolute atomic E-state index is 0.122. The minimum atomic E-state index is -4.41. The van der Waals surface area contributed by atoms with Crippen LogP contribution in [0.15, 0.2) is 30.5 Å². The molecule has 2 heterocycles. The smallest absolute Gasteiger partial charge is 0.340 e. The predicted octanol–water partition coefficient (Wildman–Crippen LogP) is 4.79. The number of hydrogen-bond acceptors (Lipinski definition) is 3. The van der Waals surface area contributed by atoms with Gasteiger partial charge in [-0.1, -0.05) is 18.2 Å². The molecule has 1 fully saturated rings. The zero-order valence-electron chi connectivity index (χ0n) is 15.7. The fraction of sp³-hybridized carbons (Fsp3) is 0.400. The van der Waals surface area contributed by atoms with E-state index in [0.717, 1.165) is 27.3 Å². The number of imidazole rings is 1. The number of benzene rings is 1. The van der Waals surface area contributed by atoms with E-state index in [1.807, 2.05) is 24.4 Å². The lowest BCUT2D eigenvalue weighted by Crippen LogP contribution is -2.29. The molecule has 148 valence electrons. The summed E-state index contributed by atoms with van der Waals surface area (Å²) in [7, 11) is 1.70. The van der Waals surface area contributed by atoms with E-state index < -0.39 is 17.7 Å². The molecule has 4 nitrogen and oxygen atoms in total. The summed E-state index contributed by atoms with van der Waals surface area (Å²) in [5, 5.41) is 0. The molecule has 2 atom stereocenters. The Kier molecular flexibility index (Phi) is 4.49. The van der Waals surface area contributed by atoms with Crippen LogP contribution >= 0.6 is 11.3 Å². The van der Waals surface area contributed by atoms with Crippen LogP contribution in [0, 0.1) is 19.8 Å². The first-order valence-electron chi connectivity index (χ1n) is 9.02. The maximum Gasteiger partial charge on any atom is 0.416 e. The fourth-order valence-electron chi connectivity index (χ4n) is 3.78. The number of alkyl halides is 3. The molecule has 28 heavy (non-hydrogen) atoms. The Bertz CT molecular complexity index is 1050.